The van der Waals surface area contributed by atoms with Gasteiger partial charge in [-0.25, -0.2) is 4.98 Å². The van der Waals surface area contributed by atoms with Crippen LogP contribution in [-0.2, 0) is 11.2 Å². The molecule has 0 radical (unpaired) electrons. The standard InChI is InChI=1S/C12H20N2OS/c1-9(7-13)11-8-16-12(14-11)6-10-4-2-3-5-15-10/h8-10H,2-7,13H2,1H3. The molecule has 1 aromatic heterocycles. The van der Waals surface area contributed by atoms with E-state index in [2.05, 4.69) is 17.3 Å². The molecule has 3 nitrogen and oxygen atoms in total. The summed E-state index contributed by atoms with van der Waals surface area (Å²) in [5.74, 6) is 0.372. The molecule has 2 heterocycles. The molecule has 1 aromatic rings. The average molecular weight is 240 g/mol. The second-order valence-electron chi connectivity index (χ2n) is 4.50. The number of ether oxygens (including phenoxy) is 1. The molecule has 0 amide bonds. The van der Waals surface area contributed by atoms with Crippen molar-refractivity contribution >= 4 is 11.3 Å². The zero-order valence-corrected chi connectivity index (χ0v) is 10.6. The van der Waals surface area contributed by atoms with Crippen LogP contribution in [0, 0.1) is 0 Å². The molecule has 0 aliphatic carbocycles. The molecular formula is C12H20N2OS. The van der Waals surface area contributed by atoms with Gasteiger partial charge in [-0.3, -0.25) is 0 Å². The first-order valence-electron chi connectivity index (χ1n) is 6.05. The van der Waals surface area contributed by atoms with Gasteiger partial charge in [-0.1, -0.05) is 6.92 Å². The highest BCUT2D eigenvalue weighted by atomic mass is 32.1. The predicted molar refractivity (Wildman–Crippen MR) is 66.9 cm³/mol. The maximum atomic E-state index is 5.72. The molecule has 1 fully saturated rings. The van der Waals surface area contributed by atoms with E-state index >= 15 is 0 Å². The number of nitrogens with two attached hydrogens (primary N) is 1. The fourth-order valence-electron chi connectivity index (χ4n) is 1.93. The van der Waals surface area contributed by atoms with Crippen molar-refractivity contribution in [3.05, 3.63) is 16.1 Å². The number of rotatable bonds is 4. The van der Waals surface area contributed by atoms with Crippen molar-refractivity contribution in [2.75, 3.05) is 13.2 Å². The number of hydrogen-bond donors (Lipinski definition) is 1. The molecule has 0 spiro atoms. The fourth-order valence-corrected chi connectivity index (χ4v) is 2.91. The summed E-state index contributed by atoms with van der Waals surface area (Å²) in [4.78, 5) is 4.63. The van der Waals surface area contributed by atoms with E-state index in [1.807, 2.05) is 0 Å². The minimum Gasteiger partial charge on any atom is -0.378 e. The van der Waals surface area contributed by atoms with Crippen molar-refractivity contribution in [1.29, 1.82) is 0 Å². The molecule has 1 saturated heterocycles. The normalized spacial score (nSPS) is 23.2. The van der Waals surface area contributed by atoms with Crippen LogP contribution in [0.3, 0.4) is 0 Å². The maximum Gasteiger partial charge on any atom is 0.0954 e. The Labute approximate surface area is 101 Å². The quantitative estimate of drug-likeness (QED) is 0.878. The third kappa shape index (κ3) is 3.03. The lowest BCUT2D eigenvalue weighted by Gasteiger charge is -2.21. The van der Waals surface area contributed by atoms with Gasteiger partial charge in [0.2, 0.25) is 0 Å². The van der Waals surface area contributed by atoms with Gasteiger partial charge < -0.3 is 10.5 Å². The van der Waals surface area contributed by atoms with Crippen molar-refractivity contribution in [3.8, 4) is 0 Å². The SMILES string of the molecule is CC(CN)c1csc(CC2CCCCO2)n1. The van der Waals surface area contributed by atoms with Crippen LogP contribution in [0.15, 0.2) is 5.38 Å². The van der Waals surface area contributed by atoms with Crippen molar-refractivity contribution < 1.29 is 4.74 Å². The summed E-state index contributed by atoms with van der Waals surface area (Å²) < 4.78 is 5.72. The highest BCUT2D eigenvalue weighted by Crippen LogP contribution is 2.22. The lowest BCUT2D eigenvalue weighted by molar-refractivity contribution is 0.0167. The summed E-state index contributed by atoms with van der Waals surface area (Å²) in [6.45, 7) is 3.71. The maximum absolute atomic E-state index is 5.72. The lowest BCUT2D eigenvalue weighted by Crippen LogP contribution is -2.21. The van der Waals surface area contributed by atoms with Gasteiger partial charge in [-0.05, 0) is 19.3 Å². The minimum absolute atomic E-state index is 0.372. The fraction of sp³-hybridized carbons (Fsp3) is 0.750. The van der Waals surface area contributed by atoms with Gasteiger partial charge in [-0.2, -0.15) is 0 Å². The second kappa shape index (κ2) is 5.75. The van der Waals surface area contributed by atoms with Crippen LogP contribution in [0.2, 0.25) is 0 Å². The number of aromatic nitrogens is 1. The summed E-state index contributed by atoms with van der Waals surface area (Å²) in [5.41, 5.74) is 6.77. The van der Waals surface area contributed by atoms with Crippen LogP contribution in [0.4, 0.5) is 0 Å². The van der Waals surface area contributed by atoms with Gasteiger partial charge in [0.1, 0.15) is 0 Å². The van der Waals surface area contributed by atoms with E-state index in [0.717, 1.165) is 18.7 Å². The van der Waals surface area contributed by atoms with Crippen molar-refractivity contribution in [2.24, 2.45) is 5.73 Å². The van der Waals surface area contributed by atoms with Crippen molar-refractivity contribution in [3.63, 3.8) is 0 Å². The Balaban J connectivity index is 1.91. The summed E-state index contributed by atoms with van der Waals surface area (Å²) in [7, 11) is 0. The first-order valence-corrected chi connectivity index (χ1v) is 6.93. The van der Waals surface area contributed by atoms with E-state index < -0.39 is 0 Å². The minimum atomic E-state index is 0.372. The summed E-state index contributed by atoms with van der Waals surface area (Å²) in [5, 5.41) is 3.33. The summed E-state index contributed by atoms with van der Waals surface area (Å²) in [6.07, 6.45) is 5.05. The van der Waals surface area contributed by atoms with Gasteiger partial charge in [0, 0.05) is 30.9 Å². The molecule has 0 saturated carbocycles. The number of nitrogens with zero attached hydrogens (tertiary/aromatic N) is 1. The molecule has 2 unspecified atom stereocenters. The third-order valence-electron chi connectivity index (χ3n) is 3.10. The largest absolute Gasteiger partial charge is 0.378 e. The van der Waals surface area contributed by atoms with E-state index in [9.17, 15) is 0 Å². The van der Waals surface area contributed by atoms with E-state index in [1.54, 1.807) is 11.3 Å². The smallest absolute Gasteiger partial charge is 0.0954 e. The summed E-state index contributed by atoms with van der Waals surface area (Å²) in [6, 6.07) is 0. The molecule has 1 aliphatic rings. The second-order valence-corrected chi connectivity index (χ2v) is 5.44. The number of hydrogen-bond acceptors (Lipinski definition) is 4. The Bertz CT molecular complexity index is 321. The Morgan fingerprint density at radius 3 is 3.19 bits per heavy atom. The monoisotopic (exact) mass is 240 g/mol. The van der Waals surface area contributed by atoms with Gasteiger partial charge in [-0.15, -0.1) is 11.3 Å². The van der Waals surface area contributed by atoms with E-state index in [1.165, 1.54) is 24.3 Å². The molecular weight excluding hydrogens is 220 g/mol. The van der Waals surface area contributed by atoms with Gasteiger partial charge in [0.15, 0.2) is 0 Å². The predicted octanol–water partition coefficient (Wildman–Crippen LogP) is 2.32. The Kier molecular flexibility index (Phi) is 4.32. The molecule has 16 heavy (non-hydrogen) atoms. The Morgan fingerprint density at radius 2 is 2.50 bits per heavy atom. The van der Waals surface area contributed by atoms with E-state index in [4.69, 9.17) is 10.5 Å². The Morgan fingerprint density at radius 1 is 1.62 bits per heavy atom. The van der Waals surface area contributed by atoms with Crippen LogP contribution in [-0.4, -0.2) is 24.2 Å². The van der Waals surface area contributed by atoms with Gasteiger partial charge in [0.25, 0.3) is 0 Å². The number of thiazole rings is 1. The molecule has 2 N–H and O–H groups in total. The highest BCUT2D eigenvalue weighted by molar-refractivity contribution is 7.09. The highest BCUT2D eigenvalue weighted by Gasteiger charge is 2.17. The third-order valence-corrected chi connectivity index (χ3v) is 3.99. The molecule has 2 atom stereocenters. The van der Waals surface area contributed by atoms with Gasteiger partial charge in [0.05, 0.1) is 16.8 Å². The van der Waals surface area contributed by atoms with Crippen LogP contribution in [0.5, 0.6) is 0 Å². The molecule has 0 aromatic carbocycles. The molecule has 2 rings (SSSR count). The van der Waals surface area contributed by atoms with Crippen molar-refractivity contribution in [1.82, 2.24) is 4.98 Å². The lowest BCUT2D eigenvalue weighted by atomic mass is 10.1. The zero-order valence-electron chi connectivity index (χ0n) is 9.82. The summed E-state index contributed by atoms with van der Waals surface area (Å²) >= 11 is 1.74. The van der Waals surface area contributed by atoms with Crippen molar-refractivity contribution in [2.45, 2.75) is 44.6 Å². The molecule has 90 valence electrons. The topological polar surface area (TPSA) is 48.1 Å². The van der Waals surface area contributed by atoms with Crippen LogP contribution in [0.1, 0.15) is 42.8 Å². The first kappa shape index (κ1) is 12.0. The van der Waals surface area contributed by atoms with E-state index in [-0.39, 0.29) is 0 Å². The van der Waals surface area contributed by atoms with Crippen LogP contribution in [0.25, 0.3) is 0 Å². The molecule has 4 heteroatoms. The van der Waals surface area contributed by atoms with Gasteiger partial charge >= 0.3 is 0 Å². The average Bonchev–Trinajstić information content (AvgIpc) is 2.78. The van der Waals surface area contributed by atoms with E-state index in [0.29, 0.717) is 18.6 Å². The zero-order chi connectivity index (χ0) is 11.4. The van der Waals surface area contributed by atoms with Crippen LogP contribution < -0.4 is 5.73 Å². The first-order chi connectivity index (χ1) is 7.79. The van der Waals surface area contributed by atoms with Crippen LogP contribution >= 0.6 is 11.3 Å². The molecule has 1 aliphatic heterocycles. The Hall–Kier alpha value is -0.450. The molecule has 0 bridgehead atoms.